The molecule has 21 heavy (non-hydrogen) atoms. The minimum absolute atomic E-state index is 0.0492. The summed E-state index contributed by atoms with van der Waals surface area (Å²) in [6, 6.07) is 6.06. The molecule has 0 aromatic heterocycles. The zero-order chi connectivity index (χ0) is 14.8. The second kappa shape index (κ2) is 5.88. The van der Waals surface area contributed by atoms with Crippen LogP contribution in [0.5, 0.6) is 0 Å². The number of fused-ring (bicyclic) bond motifs is 1. The van der Waals surface area contributed by atoms with E-state index < -0.39 is 0 Å². The Morgan fingerprint density at radius 3 is 2.86 bits per heavy atom. The van der Waals surface area contributed by atoms with E-state index in [0.717, 1.165) is 18.4 Å². The molecule has 1 aromatic rings. The van der Waals surface area contributed by atoms with E-state index in [2.05, 4.69) is 23.5 Å². The van der Waals surface area contributed by atoms with Gasteiger partial charge in [0.1, 0.15) is 6.04 Å². The van der Waals surface area contributed by atoms with E-state index in [4.69, 9.17) is 0 Å². The standard InChI is InChI=1S/C17H22N2O2/c1-12-17(21)18-8-9-19(12)16(20)11-13-6-7-14-4-2-3-5-15(14)10-13/h6-7,10,12H,2-5,8-9,11H2,1H3,(H,18,21). The van der Waals surface area contributed by atoms with Crippen LogP contribution < -0.4 is 5.32 Å². The Morgan fingerprint density at radius 1 is 1.29 bits per heavy atom. The zero-order valence-electron chi connectivity index (χ0n) is 12.5. The highest BCUT2D eigenvalue weighted by molar-refractivity contribution is 5.89. The third-order valence-corrected chi connectivity index (χ3v) is 4.59. The van der Waals surface area contributed by atoms with Gasteiger partial charge in [0.15, 0.2) is 0 Å². The van der Waals surface area contributed by atoms with Gasteiger partial charge in [0.25, 0.3) is 0 Å². The number of hydrogen-bond acceptors (Lipinski definition) is 2. The molecule has 1 aliphatic heterocycles. The molecule has 0 bridgehead atoms. The first-order chi connectivity index (χ1) is 10.1. The van der Waals surface area contributed by atoms with Gasteiger partial charge >= 0.3 is 0 Å². The van der Waals surface area contributed by atoms with Crippen LogP contribution in [0.2, 0.25) is 0 Å². The van der Waals surface area contributed by atoms with E-state index in [-0.39, 0.29) is 17.9 Å². The highest BCUT2D eigenvalue weighted by Crippen LogP contribution is 2.22. The molecule has 1 saturated heterocycles. The number of amides is 2. The van der Waals surface area contributed by atoms with E-state index in [1.54, 1.807) is 11.8 Å². The van der Waals surface area contributed by atoms with Crippen LogP contribution in [0.4, 0.5) is 0 Å². The molecule has 3 rings (SSSR count). The lowest BCUT2D eigenvalue weighted by molar-refractivity contribution is -0.142. The van der Waals surface area contributed by atoms with Crippen LogP contribution in [0.25, 0.3) is 0 Å². The van der Waals surface area contributed by atoms with Gasteiger partial charge in [-0.05, 0) is 49.3 Å². The van der Waals surface area contributed by atoms with Gasteiger partial charge in [0.05, 0.1) is 6.42 Å². The lowest BCUT2D eigenvalue weighted by atomic mass is 9.90. The zero-order valence-corrected chi connectivity index (χ0v) is 12.5. The average Bonchev–Trinajstić information content (AvgIpc) is 2.50. The minimum atomic E-state index is -0.358. The smallest absolute Gasteiger partial charge is 0.242 e. The summed E-state index contributed by atoms with van der Waals surface area (Å²) in [5.74, 6) is -0.00634. The van der Waals surface area contributed by atoms with Crippen molar-refractivity contribution in [1.82, 2.24) is 10.2 Å². The van der Waals surface area contributed by atoms with Crippen molar-refractivity contribution in [1.29, 1.82) is 0 Å². The fraction of sp³-hybridized carbons (Fsp3) is 0.529. The molecule has 1 aliphatic carbocycles. The Bertz CT molecular complexity index is 568. The molecule has 112 valence electrons. The van der Waals surface area contributed by atoms with Crippen molar-refractivity contribution in [3.05, 3.63) is 34.9 Å². The molecule has 1 unspecified atom stereocenters. The maximum Gasteiger partial charge on any atom is 0.242 e. The molecule has 4 nitrogen and oxygen atoms in total. The van der Waals surface area contributed by atoms with E-state index in [0.29, 0.717) is 19.5 Å². The van der Waals surface area contributed by atoms with E-state index >= 15 is 0 Å². The maximum absolute atomic E-state index is 12.4. The monoisotopic (exact) mass is 286 g/mol. The molecule has 1 N–H and O–H groups in total. The quantitative estimate of drug-likeness (QED) is 0.894. The predicted molar refractivity (Wildman–Crippen MR) is 81.0 cm³/mol. The Kier molecular flexibility index (Phi) is 3.95. The van der Waals surface area contributed by atoms with Gasteiger partial charge in [-0.15, -0.1) is 0 Å². The summed E-state index contributed by atoms with van der Waals surface area (Å²) < 4.78 is 0. The van der Waals surface area contributed by atoms with Crippen LogP contribution in [0.3, 0.4) is 0 Å². The average molecular weight is 286 g/mol. The van der Waals surface area contributed by atoms with Crippen LogP contribution in [0.15, 0.2) is 18.2 Å². The van der Waals surface area contributed by atoms with Gasteiger partial charge in [0.2, 0.25) is 11.8 Å². The van der Waals surface area contributed by atoms with Crippen LogP contribution >= 0.6 is 0 Å². The SMILES string of the molecule is CC1C(=O)NCCN1C(=O)Cc1ccc2c(c1)CCCC2. The van der Waals surface area contributed by atoms with Crippen molar-refractivity contribution >= 4 is 11.8 Å². The van der Waals surface area contributed by atoms with E-state index in [1.165, 1.54) is 24.0 Å². The Morgan fingerprint density at radius 2 is 2.05 bits per heavy atom. The molecule has 2 aliphatic rings. The minimum Gasteiger partial charge on any atom is -0.353 e. The lowest BCUT2D eigenvalue weighted by Crippen LogP contribution is -2.56. The van der Waals surface area contributed by atoms with Crippen LogP contribution in [0.1, 0.15) is 36.5 Å². The molecule has 1 atom stereocenters. The van der Waals surface area contributed by atoms with E-state index in [1.807, 2.05) is 0 Å². The molecule has 2 amide bonds. The summed E-state index contributed by atoms with van der Waals surface area (Å²) in [5, 5.41) is 2.79. The first-order valence-corrected chi connectivity index (χ1v) is 7.83. The third kappa shape index (κ3) is 2.94. The van der Waals surface area contributed by atoms with E-state index in [9.17, 15) is 9.59 Å². The van der Waals surface area contributed by atoms with Crippen LogP contribution in [-0.4, -0.2) is 35.8 Å². The van der Waals surface area contributed by atoms with Gasteiger partial charge in [-0.2, -0.15) is 0 Å². The predicted octanol–water partition coefficient (Wildman–Crippen LogP) is 1.45. The number of rotatable bonds is 2. The van der Waals surface area contributed by atoms with Crippen molar-refractivity contribution in [2.45, 2.75) is 45.1 Å². The highest BCUT2D eigenvalue weighted by Gasteiger charge is 2.29. The number of nitrogens with zero attached hydrogens (tertiary/aromatic N) is 1. The number of aryl methyl sites for hydroxylation is 2. The summed E-state index contributed by atoms with van der Waals surface area (Å²) in [7, 11) is 0. The number of piperazine rings is 1. The van der Waals surface area contributed by atoms with Crippen molar-refractivity contribution in [3.63, 3.8) is 0 Å². The summed E-state index contributed by atoms with van der Waals surface area (Å²) >= 11 is 0. The molecule has 1 aromatic carbocycles. The fourth-order valence-corrected chi connectivity index (χ4v) is 3.30. The normalized spacial score (nSPS) is 21.7. The van der Waals surface area contributed by atoms with Gasteiger partial charge in [-0.3, -0.25) is 9.59 Å². The number of carbonyl (C=O) groups excluding carboxylic acids is 2. The first kappa shape index (κ1) is 14.1. The molecule has 1 fully saturated rings. The summed E-state index contributed by atoms with van der Waals surface area (Å²) in [6.45, 7) is 2.95. The van der Waals surface area contributed by atoms with Gasteiger partial charge in [0, 0.05) is 13.1 Å². The van der Waals surface area contributed by atoms with Gasteiger partial charge < -0.3 is 10.2 Å². The lowest BCUT2D eigenvalue weighted by Gasteiger charge is -2.33. The van der Waals surface area contributed by atoms with Crippen LogP contribution in [0, 0.1) is 0 Å². The second-order valence-corrected chi connectivity index (χ2v) is 6.04. The summed E-state index contributed by atoms with van der Waals surface area (Å²) in [6.07, 6.45) is 5.19. The van der Waals surface area contributed by atoms with Crippen LogP contribution in [-0.2, 0) is 28.9 Å². The van der Waals surface area contributed by atoms with Crippen molar-refractivity contribution in [2.24, 2.45) is 0 Å². The summed E-state index contributed by atoms with van der Waals surface area (Å²) in [5.41, 5.74) is 3.90. The Labute approximate surface area is 125 Å². The van der Waals surface area contributed by atoms with Crippen molar-refractivity contribution in [2.75, 3.05) is 13.1 Å². The molecule has 1 heterocycles. The molecule has 0 spiro atoms. The fourth-order valence-electron chi connectivity index (χ4n) is 3.30. The van der Waals surface area contributed by atoms with Crippen molar-refractivity contribution in [3.8, 4) is 0 Å². The number of benzene rings is 1. The molecule has 0 saturated carbocycles. The van der Waals surface area contributed by atoms with Gasteiger partial charge in [-0.25, -0.2) is 0 Å². The Hall–Kier alpha value is -1.84. The van der Waals surface area contributed by atoms with Gasteiger partial charge in [-0.1, -0.05) is 18.2 Å². The molecule has 0 radical (unpaired) electrons. The molecule has 4 heteroatoms. The topological polar surface area (TPSA) is 49.4 Å². The van der Waals surface area contributed by atoms with Crippen molar-refractivity contribution < 1.29 is 9.59 Å². The third-order valence-electron chi connectivity index (χ3n) is 4.59. The summed E-state index contributed by atoms with van der Waals surface area (Å²) in [4.78, 5) is 25.8. The number of nitrogens with one attached hydrogen (secondary N) is 1. The highest BCUT2D eigenvalue weighted by atomic mass is 16.2. The number of carbonyl (C=O) groups is 2. The molecular formula is C17H22N2O2. The Balaban J connectivity index is 1.71. The maximum atomic E-state index is 12.4. The molecular weight excluding hydrogens is 264 g/mol. The number of hydrogen-bond donors (Lipinski definition) is 1. The first-order valence-electron chi connectivity index (χ1n) is 7.83. The second-order valence-electron chi connectivity index (χ2n) is 6.04. The largest absolute Gasteiger partial charge is 0.353 e.